The highest BCUT2D eigenvalue weighted by atomic mass is 32.2. The lowest BCUT2D eigenvalue weighted by molar-refractivity contribution is 0.0846. The van der Waals surface area contributed by atoms with Crippen LogP contribution >= 0.6 is 0 Å². The summed E-state index contributed by atoms with van der Waals surface area (Å²) < 4.78 is 31.1. The Morgan fingerprint density at radius 2 is 1.58 bits per heavy atom. The minimum absolute atomic E-state index is 0.238. The second-order valence-corrected chi connectivity index (χ2v) is 8.71. The number of hydrogen-bond acceptors (Lipinski definition) is 4. The predicted octanol–water partition coefficient (Wildman–Crippen LogP) is 3.12. The van der Waals surface area contributed by atoms with Crippen molar-refractivity contribution in [3.8, 4) is 11.1 Å². The Hall–Kier alpha value is -1.73. The van der Waals surface area contributed by atoms with Crippen LogP contribution in [0.5, 0.6) is 0 Å². The van der Waals surface area contributed by atoms with Crippen molar-refractivity contribution in [1.82, 2.24) is 4.72 Å². The fraction of sp³-hybridized carbons (Fsp3) is 0.400. The summed E-state index contributed by atoms with van der Waals surface area (Å²) in [5, 5.41) is 9.79. The van der Waals surface area contributed by atoms with E-state index in [9.17, 15) is 13.5 Å². The zero-order valence-corrected chi connectivity index (χ0v) is 16.1. The largest absolute Gasteiger partial charge is 0.388 e. The molecule has 0 radical (unpaired) electrons. The van der Waals surface area contributed by atoms with E-state index in [0.717, 1.165) is 16.7 Å². The Kier molecular flexibility index (Phi) is 7.78. The standard InChI is InChI=1S/C20H27NO4S/c1-16(2)26(23,24)21-13-15-25-14-12-20(22)19-10-8-18(9-11-19)17-6-4-3-5-7-17/h3-11,16,20-22H,12-15H2,1-2H3. The van der Waals surface area contributed by atoms with Crippen LogP contribution in [0, 0.1) is 0 Å². The predicted molar refractivity (Wildman–Crippen MR) is 104 cm³/mol. The molecule has 0 aliphatic rings. The van der Waals surface area contributed by atoms with Crippen LogP contribution in [-0.2, 0) is 14.8 Å². The van der Waals surface area contributed by atoms with Crippen LogP contribution in [0.2, 0.25) is 0 Å². The highest BCUT2D eigenvalue weighted by Crippen LogP contribution is 2.23. The van der Waals surface area contributed by atoms with Crippen molar-refractivity contribution in [2.75, 3.05) is 19.8 Å². The topological polar surface area (TPSA) is 75.6 Å². The molecule has 142 valence electrons. The Morgan fingerprint density at radius 1 is 0.962 bits per heavy atom. The average Bonchev–Trinajstić information content (AvgIpc) is 2.65. The first-order valence-electron chi connectivity index (χ1n) is 8.80. The third-order valence-electron chi connectivity index (χ3n) is 4.11. The van der Waals surface area contributed by atoms with E-state index in [-0.39, 0.29) is 13.2 Å². The Labute approximate surface area is 156 Å². The highest BCUT2D eigenvalue weighted by molar-refractivity contribution is 7.90. The van der Waals surface area contributed by atoms with Crippen molar-refractivity contribution in [3.63, 3.8) is 0 Å². The molecule has 26 heavy (non-hydrogen) atoms. The molecule has 0 amide bonds. The normalized spacial score (nSPS) is 13.1. The van der Waals surface area contributed by atoms with E-state index in [1.165, 1.54) is 0 Å². The molecule has 2 N–H and O–H groups in total. The molecule has 0 heterocycles. The number of aliphatic hydroxyl groups is 1. The minimum Gasteiger partial charge on any atom is -0.388 e. The molecule has 2 rings (SSSR count). The van der Waals surface area contributed by atoms with Gasteiger partial charge in [-0.2, -0.15) is 0 Å². The van der Waals surface area contributed by atoms with Gasteiger partial charge in [-0.3, -0.25) is 0 Å². The summed E-state index contributed by atoms with van der Waals surface area (Å²) in [6.07, 6.45) is -0.145. The number of ether oxygens (including phenoxy) is 1. The molecule has 0 bridgehead atoms. The summed E-state index contributed by atoms with van der Waals surface area (Å²) in [5.74, 6) is 0. The van der Waals surface area contributed by atoms with E-state index < -0.39 is 21.4 Å². The van der Waals surface area contributed by atoms with E-state index in [2.05, 4.69) is 4.72 Å². The van der Waals surface area contributed by atoms with Crippen LogP contribution in [0.1, 0.15) is 31.9 Å². The van der Waals surface area contributed by atoms with Crippen LogP contribution in [0.4, 0.5) is 0 Å². The van der Waals surface area contributed by atoms with Crippen molar-refractivity contribution < 1.29 is 18.3 Å². The Bertz CT molecular complexity index is 758. The van der Waals surface area contributed by atoms with Gasteiger partial charge in [-0.1, -0.05) is 54.6 Å². The molecular formula is C20H27NO4S. The molecule has 1 atom stereocenters. The number of aliphatic hydroxyl groups excluding tert-OH is 1. The van der Waals surface area contributed by atoms with E-state index in [0.29, 0.717) is 13.0 Å². The molecule has 2 aromatic rings. The fourth-order valence-corrected chi connectivity index (χ4v) is 3.12. The number of rotatable bonds is 10. The van der Waals surface area contributed by atoms with Crippen molar-refractivity contribution >= 4 is 10.0 Å². The van der Waals surface area contributed by atoms with Crippen molar-refractivity contribution in [2.45, 2.75) is 31.6 Å². The highest BCUT2D eigenvalue weighted by Gasteiger charge is 2.14. The van der Waals surface area contributed by atoms with Gasteiger partial charge in [0.1, 0.15) is 0 Å². The summed E-state index contributed by atoms with van der Waals surface area (Å²) in [6, 6.07) is 17.9. The van der Waals surface area contributed by atoms with Gasteiger partial charge >= 0.3 is 0 Å². The van der Waals surface area contributed by atoms with E-state index in [1.54, 1.807) is 13.8 Å². The van der Waals surface area contributed by atoms with Gasteiger partial charge in [0, 0.05) is 19.6 Å². The monoisotopic (exact) mass is 377 g/mol. The zero-order valence-electron chi connectivity index (χ0n) is 15.3. The maximum Gasteiger partial charge on any atom is 0.214 e. The van der Waals surface area contributed by atoms with Gasteiger partial charge < -0.3 is 9.84 Å². The van der Waals surface area contributed by atoms with Gasteiger partial charge in [0.15, 0.2) is 0 Å². The number of hydrogen-bond donors (Lipinski definition) is 2. The molecule has 5 nitrogen and oxygen atoms in total. The van der Waals surface area contributed by atoms with E-state index in [4.69, 9.17) is 4.74 Å². The van der Waals surface area contributed by atoms with Crippen LogP contribution in [0.15, 0.2) is 54.6 Å². The second kappa shape index (κ2) is 9.83. The third kappa shape index (κ3) is 6.21. The maximum atomic E-state index is 11.6. The smallest absolute Gasteiger partial charge is 0.214 e. The molecule has 0 fully saturated rings. The lowest BCUT2D eigenvalue weighted by Gasteiger charge is -2.13. The van der Waals surface area contributed by atoms with Gasteiger partial charge in [0.05, 0.1) is 18.0 Å². The van der Waals surface area contributed by atoms with Crippen LogP contribution in [0.3, 0.4) is 0 Å². The molecule has 6 heteroatoms. The molecule has 2 aromatic carbocycles. The fourth-order valence-electron chi connectivity index (χ4n) is 2.41. The van der Waals surface area contributed by atoms with Gasteiger partial charge in [0.2, 0.25) is 10.0 Å². The van der Waals surface area contributed by atoms with Crippen LogP contribution in [0.25, 0.3) is 11.1 Å². The molecule has 1 unspecified atom stereocenters. The first kappa shape index (κ1) is 20.6. The number of sulfonamides is 1. The van der Waals surface area contributed by atoms with E-state index in [1.807, 2.05) is 54.6 Å². The average molecular weight is 378 g/mol. The molecule has 0 aliphatic carbocycles. The van der Waals surface area contributed by atoms with Crippen molar-refractivity contribution in [3.05, 3.63) is 60.2 Å². The molecule has 0 saturated carbocycles. The van der Waals surface area contributed by atoms with E-state index >= 15 is 0 Å². The zero-order chi connectivity index (χ0) is 19.0. The summed E-state index contributed by atoms with van der Waals surface area (Å²) in [6.45, 7) is 4.14. The van der Waals surface area contributed by atoms with Crippen LogP contribution in [-0.4, -0.2) is 38.5 Å². The Balaban J connectivity index is 1.72. The lowest BCUT2D eigenvalue weighted by Crippen LogP contribution is -2.33. The van der Waals surface area contributed by atoms with Crippen molar-refractivity contribution in [1.29, 1.82) is 0 Å². The molecular weight excluding hydrogens is 350 g/mol. The molecule has 0 aliphatic heterocycles. The lowest BCUT2D eigenvalue weighted by atomic mass is 10.0. The molecule has 0 saturated heterocycles. The van der Waals surface area contributed by atoms with Gasteiger partial charge in [-0.25, -0.2) is 13.1 Å². The SMILES string of the molecule is CC(C)S(=O)(=O)NCCOCCC(O)c1ccc(-c2ccccc2)cc1. The second-order valence-electron chi connectivity index (χ2n) is 6.39. The van der Waals surface area contributed by atoms with Gasteiger partial charge in [-0.05, 0) is 30.5 Å². The van der Waals surface area contributed by atoms with Crippen LogP contribution < -0.4 is 4.72 Å². The van der Waals surface area contributed by atoms with Gasteiger partial charge in [-0.15, -0.1) is 0 Å². The first-order chi connectivity index (χ1) is 12.4. The number of benzene rings is 2. The Morgan fingerprint density at radius 3 is 2.19 bits per heavy atom. The molecule has 0 aromatic heterocycles. The summed E-state index contributed by atoms with van der Waals surface area (Å²) in [4.78, 5) is 0. The number of nitrogens with one attached hydrogen (secondary N) is 1. The summed E-state index contributed by atoms with van der Waals surface area (Å²) in [5.41, 5.74) is 3.09. The van der Waals surface area contributed by atoms with Crippen molar-refractivity contribution in [2.24, 2.45) is 0 Å². The minimum atomic E-state index is -3.25. The quantitative estimate of drug-likeness (QED) is 0.624. The maximum absolute atomic E-state index is 11.6. The van der Waals surface area contributed by atoms with Gasteiger partial charge in [0.25, 0.3) is 0 Å². The first-order valence-corrected chi connectivity index (χ1v) is 10.3. The third-order valence-corrected chi connectivity index (χ3v) is 5.96. The molecule has 0 spiro atoms. The summed E-state index contributed by atoms with van der Waals surface area (Å²) >= 11 is 0. The summed E-state index contributed by atoms with van der Waals surface area (Å²) in [7, 11) is -3.25.